The second-order valence-electron chi connectivity index (χ2n) is 3.93. The lowest BCUT2D eigenvalue weighted by molar-refractivity contribution is 0.282. The predicted molar refractivity (Wildman–Crippen MR) is 53.9 cm³/mol. The van der Waals surface area contributed by atoms with Gasteiger partial charge in [-0.1, -0.05) is 31.9 Å². The summed E-state index contributed by atoms with van der Waals surface area (Å²) in [6, 6.07) is 0.406. The molecule has 3 atom stereocenters. The van der Waals surface area contributed by atoms with Crippen molar-refractivity contribution in [2.75, 3.05) is 0 Å². The van der Waals surface area contributed by atoms with Crippen LogP contribution in [0.25, 0.3) is 0 Å². The van der Waals surface area contributed by atoms with E-state index in [1.165, 1.54) is 12.8 Å². The first-order valence-corrected chi connectivity index (χ1v) is 5.12. The molecule has 0 aromatic carbocycles. The van der Waals surface area contributed by atoms with Gasteiger partial charge < -0.3 is 5.73 Å². The monoisotopic (exact) mass is 167 g/mol. The van der Waals surface area contributed by atoms with E-state index in [0.717, 1.165) is 18.3 Å². The van der Waals surface area contributed by atoms with Crippen LogP contribution in [0.2, 0.25) is 0 Å². The molecule has 0 saturated heterocycles. The number of allylic oxidation sites excluding steroid dienone is 1. The van der Waals surface area contributed by atoms with Gasteiger partial charge in [0.15, 0.2) is 0 Å². The summed E-state index contributed by atoms with van der Waals surface area (Å²) in [6.07, 6.45) is 5.88. The highest BCUT2D eigenvalue weighted by molar-refractivity contribution is 5.11. The molecule has 0 saturated carbocycles. The summed E-state index contributed by atoms with van der Waals surface area (Å²) in [6.45, 7) is 6.78. The van der Waals surface area contributed by atoms with Gasteiger partial charge in [0.25, 0.3) is 0 Å². The zero-order valence-electron chi connectivity index (χ0n) is 8.51. The molecule has 0 fully saturated rings. The topological polar surface area (TPSA) is 26.0 Å². The molecule has 0 bridgehead atoms. The van der Waals surface area contributed by atoms with Gasteiger partial charge in [-0.05, 0) is 31.6 Å². The molecule has 2 N–H and O–H groups in total. The van der Waals surface area contributed by atoms with Gasteiger partial charge in [0.2, 0.25) is 0 Å². The van der Waals surface area contributed by atoms with Crippen LogP contribution in [0.1, 0.15) is 40.0 Å². The Morgan fingerprint density at radius 3 is 2.50 bits per heavy atom. The number of rotatable bonds is 2. The molecule has 0 amide bonds. The average molecular weight is 167 g/mol. The van der Waals surface area contributed by atoms with E-state index in [9.17, 15) is 0 Å². The van der Waals surface area contributed by atoms with Gasteiger partial charge in [0.1, 0.15) is 0 Å². The van der Waals surface area contributed by atoms with Crippen molar-refractivity contribution in [2.45, 2.75) is 46.1 Å². The Morgan fingerprint density at radius 2 is 2.08 bits per heavy atom. The van der Waals surface area contributed by atoms with Gasteiger partial charge in [-0.3, -0.25) is 0 Å². The van der Waals surface area contributed by atoms with E-state index in [4.69, 9.17) is 5.73 Å². The van der Waals surface area contributed by atoms with E-state index in [1.807, 2.05) is 0 Å². The van der Waals surface area contributed by atoms with Crippen LogP contribution in [-0.2, 0) is 0 Å². The van der Waals surface area contributed by atoms with Crippen molar-refractivity contribution < 1.29 is 0 Å². The van der Waals surface area contributed by atoms with Crippen molar-refractivity contribution in [3.05, 3.63) is 11.6 Å². The zero-order valence-corrected chi connectivity index (χ0v) is 8.51. The van der Waals surface area contributed by atoms with E-state index in [0.29, 0.717) is 6.04 Å². The number of hydrogen-bond donors (Lipinski definition) is 1. The van der Waals surface area contributed by atoms with Crippen LogP contribution in [-0.4, -0.2) is 6.04 Å². The third-order valence-corrected chi connectivity index (χ3v) is 3.27. The SMILES string of the molecule is CCC1C(C)=CCC(N)C1CC. The molecule has 0 aliphatic heterocycles. The maximum Gasteiger partial charge on any atom is 0.0108 e. The summed E-state index contributed by atoms with van der Waals surface area (Å²) in [5, 5.41) is 0. The summed E-state index contributed by atoms with van der Waals surface area (Å²) in [5.74, 6) is 1.47. The molecule has 1 aliphatic carbocycles. The standard InChI is InChI=1S/C11H21N/c1-4-9-8(3)6-7-11(12)10(9)5-2/h6,9-11H,4-5,7,12H2,1-3H3. The highest BCUT2D eigenvalue weighted by Crippen LogP contribution is 2.33. The smallest absolute Gasteiger partial charge is 0.0108 e. The molecule has 0 spiro atoms. The van der Waals surface area contributed by atoms with Crippen molar-refractivity contribution >= 4 is 0 Å². The van der Waals surface area contributed by atoms with Gasteiger partial charge in [0.05, 0.1) is 0 Å². The molecule has 1 heteroatoms. The van der Waals surface area contributed by atoms with Crippen molar-refractivity contribution in [3.8, 4) is 0 Å². The Kier molecular flexibility index (Phi) is 3.33. The maximum atomic E-state index is 6.07. The molecule has 1 nitrogen and oxygen atoms in total. The molecule has 0 aromatic heterocycles. The first-order valence-electron chi connectivity index (χ1n) is 5.12. The van der Waals surface area contributed by atoms with E-state index < -0.39 is 0 Å². The van der Waals surface area contributed by atoms with E-state index in [1.54, 1.807) is 5.57 Å². The molecule has 3 unspecified atom stereocenters. The lowest BCUT2D eigenvalue weighted by Crippen LogP contribution is -2.37. The second-order valence-corrected chi connectivity index (χ2v) is 3.93. The molecule has 70 valence electrons. The fraction of sp³-hybridized carbons (Fsp3) is 0.818. The molecule has 0 aromatic rings. The maximum absolute atomic E-state index is 6.07. The summed E-state index contributed by atoms with van der Waals surface area (Å²) in [4.78, 5) is 0. The summed E-state index contributed by atoms with van der Waals surface area (Å²) in [7, 11) is 0. The van der Waals surface area contributed by atoms with Crippen molar-refractivity contribution in [1.29, 1.82) is 0 Å². The summed E-state index contributed by atoms with van der Waals surface area (Å²) in [5.41, 5.74) is 7.63. The minimum Gasteiger partial charge on any atom is -0.327 e. The fourth-order valence-electron chi connectivity index (χ4n) is 2.50. The van der Waals surface area contributed by atoms with Gasteiger partial charge >= 0.3 is 0 Å². The van der Waals surface area contributed by atoms with Crippen molar-refractivity contribution in [2.24, 2.45) is 17.6 Å². The second kappa shape index (κ2) is 4.08. The Hall–Kier alpha value is -0.300. The average Bonchev–Trinajstić information content (AvgIpc) is 2.08. The lowest BCUT2D eigenvalue weighted by Gasteiger charge is -2.34. The van der Waals surface area contributed by atoms with Crippen LogP contribution in [0.5, 0.6) is 0 Å². The molecule has 0 radical (unpaired) electrons. The van der Waals surface area contributed by atoms with Crippen LogP contribution >= 0.6 is 0 Å². The largest absolute Gasteiger partial charge is 0.327 e. The highest BCUT2D eigenvalue weighted by Gasteiger charge is 2.28. The van der Waals surface area contributed by atoms with Crippen LogP contribution < -0.4 is 5.73 Å². The third kappa shape index (κ3) is 1.71. The van der Waals surface area contributed by atoms with Crippen LogP contribution in [0.15, 0.2) is 11.6 Å². The van der Waals surface area contributed by atoms with Gasteiger partial charge in [-0.2, -0.15) is 0 Å². The fourth-order valence-corrected chi connectivity index (χ4v) is 2.50. The van der Waals surface area contributed by atoms with Crippen LogP contribution in [0.4, 0.5) is 0 Å². The minimum absolute atomic E-state index is 0.406. The van der Waals surface area contributed by atoms with Crippen LogP contribution in [0, 0.1) is 11.8 Å². The molecule has 1 aliphatic rings. The first-order chi connectivity index (χ1) is 5.70. The van der Waals surface area contributed by atoms with Crippen molar-refractivity contribution in [3.63, 3.8) is 0 Å². The highest BCUT2D eigenvalue weighted by atomic mass is 14.7. The van der Waals surface area contributed by atoms with E-state index >= 15 is 0 Å². The summed E-state index contributed by atoms with van der Waals surface area (Å²) < 4.78 is 0. The number of nitrogens with two attached hydrogens (primary N) is 1. The number of hydrogen-bond acceptors (Lipinski definition) is 1. The first kappa shape index (κ1) is 9.79. The van der Waals surface area contributed by atoms with Gasteiger partial charge in [0, 0.05) is 6.04 Å². The summed E-state index contributed by atoms with van der Waals surface area (Å²) >= 11 is 0. The van der Waals surface area contributed by atoms with Gasteiger partial charge in [-0.15, -0.1) is 0 Å². The van der Waals surface area contributed by atoms with Gasteiger partial charge in [-0.25, -0.2) is 0 Å². The molecular formula is C11H21N. The third-order valence-electron chi connectivity index (χ3n) is 3.27. The van der Waals surface area contributed by atoms with E-state index in [-0.39, 0.29) is 0 Å². The molecule has 1 rings (SSSR count). The van der Waals surface area contributed by atoms with E-state index in [2.05, 4.69) is 26.8 Å². The Bertz CT molecular complexity index is 172. The Morgan fingerprint density at radius 1 is 1.42 bits per heavy atom. The molecule has 0 heterocycles. The van der Waals surface area contributed by atoms with Crippen LogP contribution in [0.3, 0.4) is 0 Å². The molecule has 12 heavy (non-hydrogen) atoms. The Labute approximate surface area is 76.0 Å². The minimum atomic E-state index is 0.406. The van der Waals surface area contributed by atoms with Crippen molar-refractivity contribution in [1.82, 2.24) is 0 Å². The molecular weight excluding hydrogens is 146 g/mol. The predicted octanol–water partition coefficient (Wildman–Crippen LogP) is 2.72. The lowest BCUT2D eigenvalue weighted by atomic mass is 9.73. The Balaban J connectivity index is 2.75. The zero-order chi connectivity index (χ0) is 9.14. The normalized spacial score (nSPS) is 36.3. The quantitative estimate of drug-likeness (QED) is 0.629.